The zero-order valence-corrected chi connectivity index (χ0v) is 17.8. The molecule has 0 saturated carbocycles. The van der Waals surface area contributed by atoms with Crippen LogP contribution in [-0.4, -0.2) is 108 Å². The van der Waals surface area contributed by atoms with Crippen LogP contribution in [0.5, 0.6) is 0 Å². The predicted molar refractivity (Wildman–Crippen MR) is 106 cm³/mol. The summed E-state index contributed by atoms with van der Waals surface area (Å²) < 4.78 is 11.5. The normalized spacial score (nSPS) is 44.5. The van der Waals surface area contributed by atoms with Crippen LogP contribution in [0.3, 0.4) is 0 Å². The summed E-state index contributed by atoms with van der Waals surface area (Å²) in [6.45, 7) is 2.56. The van der Waals surface area contributed by atoms with Crippen molar-refractivity contribution in [2.75, 3.05) is 33.9 Å². The molecule has 164 valence electrons. The second-order valence-electron chi connectivity index (χ2n) is 9.42. The summed E-state index contributed by atoms with van der Waals surface area (Å²) in [6, 6.07) is 0.854. The minimum atomic E-state index is -0.701. The van der Waals surface area contributed by atoms with Crippen LogP contribution in [0.15, 0.2) is 22.5 Å². The van der Waals surface area contributed by atoms with E-state index in [9.17, 15) is 20.0 Å². The van der Waals surface area contributed by atoms with Crippen molar-refractivity contribution in [3.63, 3.8) is 0 Å². The van der Waals surface area contributed by atoms with Crippen LogP contribution >= 0.6 is 0 Å². The minimum absolute atomic E-state index is 0.00850. The van der Waals surface area contributed by atoms with E-state index in [0.717, 1.165) is 6.42 Å². The monoisotopic (exact) mass is 426 g/mol. The van der Waals surface area contributed by atoms with Gasteiger partial charge in [-0.1, -0.05) is 0 Å². The first kappa shape index (κ1) is 19.6. The van der Waals surface area contributed by atoms with Crippen molar-refractivity contribution < 1.29 is 24.2 Å². The van der Waals surface area contributed by atoms with Crippen LogP contribution in [0, 0.1) is 17.2 Å². The number of allylic oxidation sites excluding steroid dienone is 2. The smallest absolute Gasteiger partial charge is 0.226 e. The molecular weight excluding hydrogens is 400 g/mol. The lowest BCUT2D eigenvalue weighted by atomic mass is 9.69. The SMILES string of the molecule is COC1=C(C)C(=O)C2=C(C1=O)[C@@H](CO)N1[C@H]3[C@@H]4[C@@H](C[C@@H]([C@H]1C#N)N4C)[C@@H]1OCCN1[C@@H]23. The molecule has 9 heteroatoms. The van der Waals surface area contributed by atoms with Crippen molar-refractivity contribution in [3.05, 3.63) is 22.5 Å². The van der Waals surface area contributed by atoms with Crippen molar-refractivity contribution in [2.45, 2.75) is 55.8 Å². The molecule has 0 aromatic heterocycles. The Hall–Kier alpha value is -2.09. The van der Waals surface area contributed by atoms with Crippen molar-refractivity contribution >= 4 is 11.6 Å². The lowest BCUT2D eigenvalue weighted by Crippen LogP contribution is -2.78. The Kier molecular flexibility index (Phi) is 4.08. The fourth-order valence-electron chi connectivity index (χ4n) is 7.45. The largest absolute Gasteiger partial charge is 0.492 e. The quantitative estimate of drug-likeness (QED) is 0.559. The second-order valence-corrected chi connectivity index (χ2v) is 9.42. The van der Waals surface area contributed by atoms with Crippen molar-refractivity contribution in [1.82, 2.24) is 14.7 Å². The van der Waals surface area contributed by atoms with Gasteiger partial charge in [0.15, 0.2) is 11.5 Å². The highest BCUT2D eigenvalue weighted by Crippen LogP contribution is 2.54. The number of nitrogens with zero attached hydrogens (tertiary/aromatic N) is 4. The average Bonchev–Trinajstić information content (AvgIpc) is 3.34. The van der Waals surface area contributed by atoms with Crippen LogP contribution in [0.4, 0.5) is 0 Å². The summed E-state index contributed by atoms with van der Waals surface area (Å²) >= 11 is 0. The van der Waals surface area contributed by atoms with Gasteiger partial charge in [-0.25, -0.2) is 0 Å². The zero-order chi connectivity index (χ0) is 21.8. The zero-order valence-electron chi connectivity index (χ0n) is 17.8. The number of likely N-dealkylation sites (N-methyl/N-ethyl adjacent to an activating group) is 1. The Balaban J connectivity index is 1.63. The molecule has 0 aromatic carbocycles. The van der Waals surface area contributed by atoms with Gasteiger partial charge in [-0.15, -0.1) is 0 Å². The van der Waals surface area contributed by atoms with Gasteiger partial charge in [0.2, 0.25) is 5.78 Å². The van der Waals surface area contributed by atoms with Gasteiger partial charge in [-0.3, -0.25) is 24.3 Å². The number of nitriles is 1. The van der Waals surface area contributed by atoms with Gasteiger partial charge in [-0.2, -0.15) is 5.26 Å². The Labute approximate surface area is 180 Å². The van der Waals surface area contributed by atoms with Gasteiger partial charge < -0.3 is 14.6 Å². The van der Waals surface area contributed by atoms with Gasteiger partial charge in [0, 0.05) is 47.3 Å². The van der Waals surface area contributed by atoms with E-state index in [1.165, 1.54) is 7.11 Å². The van der Waals surface area contributed by atoms with E-state index in [1.807, 2.05) is 4.90 Å². The van der Waals surface area contributed by atoms with Crippen LogP contribution < -0.4 is 0 Å². The number of carbonyl (C=O) groups is 2. The van der Waals surface area contributed by atoms with Gasteiger partial charge in [0.1, 0.15) is 12.3 Å². The summed E-state index contributed by atoms with van der Waals surface area (Å²) in [5, 5.41) is 20.7. The molecule has 8 atom stereocenters. The topological polar surface area (TPSA) is 106 Å². The second kappa shape index (κ2) is 6.47. The minimum Gasteiger partial charge on any atom is -0.492 e. The molecule has 4 fully saturated rings. The number of ether oxygens (including phenoxy) is 2. The predicted octanol–water partition coefficient (Wildman–Crippen LogP) is -0.965. The summed E-state index contributed by atoms with van der Waals surface area (Å²) in [5.74, 6) is -0.292. The van der Waals surface area contributed by atoms with Crippen LogP contribution in [0.25, 0.3) is 0 Å². The molecule has 5 aliphatic heterocycles. The maximum absolute atomic E-state index is 13.6. The Morgan fingerprint density at radius 2 is 2.03 bits per heavy atom. The first-order chi connectivity index (χ1) is 15.0. The Morgan fingerprint density at radius 1 is 1.26 bits per heavy atom. The third kappa shape index (κ3) is 2.12. The molecular formula is C22H26N4O5. The molecule has 6 rings (SSSR count). The Morgan fingerprint density at radius 3 is 2.71 bits per heavy atom. The van der Waals surface area contributed by atoms with Crippen LogP contribution in [0.2, 0.25) is 0 Å². The van der Waals surface area contributed by atoms with E-state index in [2.05, 4.69) is 22.9 Å². The summed E-state index contributed by atoms with van der Waals surface area (Å²) in [6.07, 6.45) is 0.694. The number of Topliss-reactive ketones (excluding diaryl/α,β-unsaturated/α-hetero) is 2. The molecule has 2 bridgehead atoms. The molecule has 5 heterocycles. The van der Waals surface area contributed by atoms with E-state index in [1.54, 1.807) is 6.92 Å². The van der Waals surface area contributed by atoms with Crippen LogP contribution in [-0.2, 0) is 19.1 Å². The number of piperazine rings is 1. The number of rotatable bonds is 2. The molecule has 0 unspecified atom stereocenters. The molecule has 1 N–H and O–H groups in total. The summed E-state index contributed by atoms with van der Waals surface area (Å²) in [4.78, 5) is 33.7. The molecule has 0 aromatic rings. The number of ketones is 2. The first-order valence-corrected chi connectivity index (χ1v) is 10.9. The average molecular weight is 426 g/mol. The lowest BCUT2D eigenvalue weighted by Gasteiger charge is -2.61. The third-order valence-corrected chi connectivity index (χ3v) is 8.50. The van der Waals surface area contributed by atoms with E-state index in [0.29, 0.717) is 29.9 Å². The molecule has 9 nitrogen and oxygen atoms in total. The fraction of sp³-hybridized carbons (Fsp3) is 0.682. The lowest BCUT2D eigenvalue weighted by molar-refractivity contribution is -0.145. The molecule has 6 aliphatic rings. The number of aliphatic hydroxyl groups excluding tert-OH is 1. The standard InChI is InChI=1S/C22H26N4O5/c1-9-19(28)15-14(20(29)21(9)30-3)13(8-27)26-12(7-23)11-6-10-16(24(11)2)18(26)17(15)25-4-5-31-22(10)25/h10-13,16-18,22,27H,4-6,8H2,1-3H3/t10-,11+,12-,13-,16+,17+,18+,22+/m1/s1. The van der Waals surface area contributed by atoms with Gasteiger partial charge in [-0.05, 0) is 20.4 Å². The maximum Gasteiger partial charge on any atom is 0.226 e. The third-order valence-electron chi connectivity index (χ3n) is 8.50. The van der Waals surface area contributed by atoms with Crippen LogP contribution in [0.1, 0.15) is 13.3 Å². The maximum atomic E-state index is 13.6. The molecule has 0 spiro atoms. The number of aliphatic hydroxyl groups is 1. The highest BCUT2D eigenvalue weighted by Gasteiger charge is 2.68. The molecule has 0 radical (unpaired) electrons. The van der Waals surface area contributed by atoms with E-state index in [4.69, 9.17) is 9.47 Å². The molecule has 0 amide bonds. The number of methoxy groups -OCH3 is 1. The van der Waals surface area contributed by atoms with Crippen molar-refractivity contribution in [3.8, 4) is 6.07 Å². The fourth-order valence-corrected chi connectivity index (χ4v) is 7.45. The molecule has 4 saturated heterocycles. The molecule has 31 heavy (non-hydrogen) atoms. The van der Waals surface area contributed by atoms with E-state index < -0.39 is 12.1 Å². The highest BCUT2D eigenvalue weighted by molar-refractivity contribution is 6.25. The summed E-state index contributed by atoms with van der Waals surface area (Å²) in [7, 11) is 3.44. The van der Waals surface area contributed by atoms with Gasteiger partial charge in [0.05, 0.1) is 38.5 Å². The van der Waals surface area contributed by atoms with Gasteiger partial charge >= 0.3 is 0 Å². The molecule has 1 aliphatic carbocycles. The van der Waals surface area contributed by atoms with Gasteiger partial charge in [0.25, 0.3) is 0 Å². The summed E-state index contributed by atoms with van der Waals surface area (Å²) in [5.41, 5.74) is 1.07. The number of hydrogen-bond acceptors (Lipinski definition) is 9. The first-order valence-electron chi connectivity index (χ1n) is 10.9. The number of piperidine rings is 1. The van der Waals surface area contributed by atoms with Crippen molar-refractivity contribution in [1.29, 1.82) is 5.26 Å². The van der Waals surface area contributed by atoms with Crippen molar-refractivity contribution in [2.24, 2.45) is 5.92 Å². The van der Waals surface area contributed by atoms with E-state index in [-0.39, 0.29) is 60.2 Å². The number of carbonyl (C=O) groups excluding carboxylic acids is 2. The highest BCUT2D eigenvalue weighted by atomic mass is 16.5. The number of fused-ring (bicyclic) bond motifs is 5. The number of hydrogen-bond donors (Lipinski definition) is 1. The Bertz CT molecular complexity index is 998. The van der Waals surface area contributed by atoms with E-state index >= 15 is 0 Å².